The Morgan fingerprint density at radius 1 is 1.20 bits per heavy atom. The van der Waals surface area contributed by atoms with E-state index in [1.165, 1.54) is 0 Å². The minimum Gasteiger partial charge on any atom is -0.355 e. The zero-order valence-electron chi connectivity index (χ0n) is 13.9. The molecule has 1 unspecified atom stereocenters. The van der Waals surface area contributed by atoms with Gasteiger partial charge in [0, 0.05) is 30.6 Å². The van der Waals surface area contributed by atoms with Gasteiger partial charge in [-0.05, 0) is 25.3 Å². The number of aromatic nitrogens is 3. The SMILES string of the molecule is O=C(c1cc(-c2ccccc2)on1)N1CCCCC1Cn1cccn1. The largest absolute Gasteiger partial charge is 0.355 e. The maximum atomic E-state index is 13.0. The Hall–Kier alpha value is -2.89. The minimum absolute atomic E-state index is 0.0669. The van der Waals surface area contributed by atoms with Crippen LogP contribution >= 0.6 is 0 Å². The first-order valence-corrected chi connectivity index (χ1v) is 8.62. The zero-order chi connectivity index (χ0) is 17.1. The molecule has 25 heavy (non-hydrogen) atoms. The monoisotopic (exact) mass is 336 g/mol. The molecule has 6 nitrogen and oxygen atoms in total. The lowest BCUT2D eigenvalue weighted by Gasteiger charge is -2.35. The molecule has 1 aromatic carbocycles. The van der Waals surface area contributed by atoms with E-state index in [0.29, 0.717) is 18.0 Å². The van der Waals surface area contributed by atoms with Gasteiger partial charge in [-0.3, -0.25) is 9.48 Å². The van der Waals surface area contributed by atoms with Crippen LogP contribution in [0.15, 0.2) is 59.4 Å². The van der Waals surface area contributed by atoms with E-state index < -0.39 is 0 Å². The van der Waals surface area contributed by atoms with Crippen molar-refractivity contribution in [3.05, 3.63) is 60.6 Å². The molecule has 6 heteroatoms. The Morgan fingerprint density at radius 3 is 2.88 bits per heavy atom. The molecule has 4 rings (SSSR count). The molecule has 1 saturated heterocycles. The summed E-state index contributed by atoms with van der Waals surface area (Å²) in [6.07, 6.45) is 6.82. The standard InChI is InChI=1S/C19H20N4O2/c24-19(17-13-18(25-21-17)15-7-2-1-3-8-15)23-12-5-4-9-16(23)14-22-11-6-10-20-22/h1-3,6-8,10-11,13,16H,4-5,9,12,14H2. The molecule has 1 aliphatic heterocycles. The Balaban J connectivity index is 1.53. The van der Waals surface area contributed by atoms with Crippen LogP contribution in [-0.2, 0) is 6.54 Å². The molecular formula is C19H20N4O2. The number of hydrogen-bond donors (Lipinski definition) is 0. The van der Waals surface area contributed by atoms with Gasteiger partial charge in [0.15, 0.2) is 11.5 Å². The quantitative estimate of drug-likeness (QED) is 0.734. The molecule has 0 N–H and O–H groups in total. The molecule has 0 spiro atoms. The van der Waals surface area contributed by atoms with Crippen molar-refractivity contribution in [3.8, 4) is 11.3 Å². The van der Waals surface area contributed by atoms with Crippen molar-refractivity contribution >= 4 is 5.91 Å². The second-order valence-corrected chi connectivity index (χ2v) is 6.32. The van der Waals surface area contributed by atoms with E-state index in [2.05, 4.69) is 10.3 Å². The highest BCUT2D eigenvalue weighted by Crippen LogP contribution is 2.24. The van der Waals surface area contributed by atoms with Gasteiger partial charge in [-0.2, -0.15) is 5.10 Å². The minimum atomic E-state index is -0.0669. The number of benzene rings is 1. The summed E-state index contributed by atoms with van der Waals surface area (Å²) >= 11 is 0. The second kappa shape index (κ2) is 6.93. The van der Waals surface area contributed by atoms with Gasteiger partial charge in [0.25, 0.3) is 5.91 Å². The fourth-order valence-corrected chi connectivity index (χ4v) is 3.34. The number of carbonyl (C=O) groups is 1. The average molecular weight is 336 g/mol. The second-order valence-electron chi connectivity index (χ2n) is 6.32. The summed E-state index contributed by atoms with van der Waals surface area (Å²) in [6.45, 7) is 1.46. The van der Waals surface area contributed by atoms with Crippen LogP contribution in [0.25, 0.3) is 11.3 Å². The Bertz CT molecular complexity index is 826. The molecule has 1 atom stereocenters. The molecule has 1 fully saturated rings. The summed E-state index contributed by atoms with van der Waals surface area (Å²) in [5, 5.41) is 8.28. The molecule has 2 aromatic heterocycles. The summed E-state index contributed by atoms with van der Waals surface area (Å²) in [5.74, 6) is 0.548. The lowest BCUT2D eigenvalue weighted by Crippen LogP contribution is -2.46. The Labute approximate surface area is 146 Å². The maximum Gasteiger partial charge on any atom is 0.276 e. The van der Waals surface area contributed by atoms with Crippen molar-refractivity contribution in [2.75, 3.05) is 6.54 Å². The fraction of sp³-hybridized carbons (Fsp3) is 0.316. The molecule has 1 amide bonds. The first-order chi connectivity index (χ1) is 12.3. The summed E-state index contributed by atoms with van der Waals surface area (Å²) in [6, 6.07) is 13.5. The average Bonchev–Trinajstić information content (AvgIpc) is 3.34. The third-order valence-corrected chi connectivity index (χ3v) is 4.63. The van der Waals surface area contributed by atoms with Gasteiger partial charge >= 0.3 is 0 Å². The van der Waals surface area contributed by atoms with Crippen LogP contribution in [0.4, 0.5) is 0 Å². The highest BCUT2D eigenvalue weighted by molar-refractivity contribution is 5.93. The van der Waals surface area contributed by atoms with Crippen LogP contribution in [0.5, 0.6) is 0 Å². The van der Waals surface area contributed by atoms with Gasteiger partial charge in [0.1, 0.15) is 0 Å². The number of piperidine rings is 1. The van der Waals surface area contributed by atoms with E-state index in [-0.39, 0.29) is 11.9 Å². The van der Waals surface area contributed by atoms with E-state index in [9.17, 15) is 4.79 Å². The van der Waals surface area contributed by atoms with Gasteiger partial charge in [-0.15, -0.1) is 0 Å². The van der Waals surface area contributed by atoms with Crippen molar-refractivity contribution in [1.82, 2.24) is 19.8 Å². The maximum absolute atomic E-state index is 13.0. The first kappa shape index (κ1) is 15.6. The molecule has 0 bridgehead atoms. The summed E-state index contributed by atoms with van der Waals surface area (Å²) in [7, 11) is 0. The summed E-state index contributed by atoms with van der Waals surface area (Å²) in [4.78, 5) is 14.9. The third-order valence-electron chi connectivity index (χ3n) is 4.63. The lowest BCUT2D eigenvalue weighted by atomic mass is 10.0. The number of amides is 1. The van der Waals surface area contributed by atoms with Crippen molar-refractivity contribution in [3.63, 3.8) is 0 Å². The topological polar surface area (TPSA) is 64.2 Å². The van der Waals surface area contributed by atoms with Crippen LogP contribution in [0.3, 0.4) is 0 Å². The van der Waals surface area contributed by atoms with E-state index in [1.807, 2.05) is 52.2 Å². The Morgan fingerprint density at radius 2 is 2.08 bits per heavy atom. The molecule has 3 aromatic rings. The van der Waals surface area contributed by atoms with Crippen LogP contribution in [-0.4, -0.2) is 38.3 Å². The summed E-state index contributed by atoms with van der Waals surface area (Å²) in [5.41, 5.74) is 1.28. The molecular weight excluding hydrogens is 316 g/mol. The van der Waals surface area contributed by atoms with Gasteiger partial charge in [-0.1, -0.05) is 35.5 Å². The predicted molar refractivity (Wildman–Crippen MR) is 92.8 cm³/mol. The smallest absolute Gasteiger partial charge is 0.276 e. The third kappa shape index (κ3) is 3.33. The van der Waals surface area contributed by atoms with E-state index in [4.69, 9.17) is 4.52 Å². The van der Waals surface area contributed by atoms with Gasteiger partial charge in [0.05, 0.1) is 12.6 Å². The van der Waals surface area contributed by atoms with Crippen LogP contribution in [0.1, 0.15) is 29.8 Å². The van der Waals surface area contributed by atoms with Gasteiger partial charge in [0.2, 0.25) is 0 Å². The van der Waals surface area contributed by atoms with Gasteiger partial charge in [-0.25, -0.2) is 0 Å². The van der Waals surface area contributed by atoms with E-state index in [0.717, 1.165) is 31.4 Å². The van der Waals surface area contributed by atoms with Gasteiger partial charge < -0.3 is 9.42 Å². The first-order valence-electron chi connectivity index (χ1n) is 8.62. The highest BCUT2D eigenvalue weighted by Gasteiger charge is 2.29. The number of rotatable bonds is 4. The van der Waals surface area contributed by atoms with E-state index >= 15 is 0 Å². The molecule has 0 aliphatic carbocycles. The van der Waals surface area contributed by atoms with Crippen LogP contribution < -0.4 is 0 Å². The van der Waals surface area contributed by atoms with Crippen molar-refractivity contribution < 1.29 is 9.32 Å². The molecule has 0 radical (unpaired) electrons. The van der Waals surface area contributed by atoms with Crippen molar-refractivity contribution in [1.29, 1.82) is 0 Å². The number of nitrogens with zero attached hydrogens (tertiary/aromatic N) is 4. The van der Waals surface area contributed by atoms with Crippen molar-refractivity contribution in [2.45, 2.75) is 31.8 Å². The van der Waals surface area contributed by atoms with Crippen LogP contribution in [0, 0.1) is 0 Å². The highest BCUT2D eigenvalue weighted by atomic mass is 16.5. The number of likely N-dealkylation sites (tertiary alicyclic amines) is 1. The molecule has 0 saturated carbocycles. The van der Waals surface area contributed by atoms with Crippen LogP contribution in [0.2, 0.25) is 0 Å². The molecule has 1 aliphatic rings. The number of hydrogen-bond acceptors (Lipinski definition) is 4. The Kier molecular flexibility index (Phi) is 4.33. The predicted octanol–water partition coefficient (Wildman–Crippen LogP) is 3.23. The normalized spacial score (nSPS) is 17.6. The molecule has 3 heterocycles. The van der Waals surface area contributed by atoms with E-state index in [1.54, 1.807) is 12.3 Å². The molecule has 128 valence electrons. The zero-order valence-corrected chi connectivity index (χ0v) is 13.9. The number of carbonyl (C=O) groups excluding carboxylic acids is 1. The summed E-state index contributed by atoms with van der Waals surface area (Å²) < 4.78 is 7.27. The van der Waals surface area contributed by atoms with Crippen molar-refractivity contribution in [2.24, 2.45) is 0 Å². The lowest BCUT2D eigenvalue weighted by molar-refractivity contribution is 0.0573. The fourth-order valence-electron chi connectivity index (χ4n) is 3.34.